The van der Waals surface area contributed by atoms with E-state index in [0.717, 1.165) is 15.3 Å². The van der Waals surface area contributed by atoms with Crippen molar-refractivity contribution in [1.82, 2.24) is 25.3 Å². The van der Waals surface area contributed by atoms with Crippen LogP contribution >= 0.6 is 11.3 Å². The maximum atomic E-state index is 9.01. The fourth-order valence-corrected chi connectivity index (χ4v) is 3.52. The van der Waals surface area contributed by atoms with Crippen molar-refractivity contribution in [3.63, 3.8) is 0 Å². The summed E-state index contributed by atoms with van der Waals surface area (Å²) in [5.41, 5.74) is 14.0. The van der Waals surface area contributed by atoms with Gasteiger partial charge in [-0.1, -0.05) is 0 Å². The number of hydrazine groups is 2. The van der Waals surface area contributed by atoms with Crippen LogP contribution in [-0.4, -0.2) is 37.7 Å². The molecule has 4 heterocycles. The van der Waals surface area contributed by atoms with Gasteiger partial charge in [0, 0.05) is 22.9 Å². The number of nitrogens with one attached hydrogen (secondary N) is 3. The van der Waals surface area contributed by atoms with E-state index in [0.29, 0.717) is 36.1 Å². The van der Waals surface area contributed by atoms with Gasteiger partial charge >= 0.3 is 0 Å². The van der Waals surface area contributed by atoms with Crippen molar-refractivity contribution in [3.05, 3.63) is 34.4 Å². The Hall–Kier alpha value is -3.02. The highest BCUT2D eigenvalue weighted by Crippen LogP contribution is 2.31. The Kier molecular flexibility index (Phi) is 4.24. The number of aromatic nitrogens is 4. The van der Waals surface area contributed by atoms with Crippen LogP contribution in [0.25, 0.3) is 11.3 Å². The third kappa shape index (κ3) is 2.98. The molecular formula is C15H17N9OS. The molecule has 0 saturated heterocycles. The lowest BCUT2D eigenvalue weighted by atomic mass is 10.2. The van der Waals surface area contributed by atoms with Crippen LogP contribution in [0.3, 0.4) is 0 Å². The van der Waals surface area contributed by atoms with Crippen molar-refractivity contribution in [2.45, 2.75) is 13.1 Å². The lowest BCUT2D eigenvalue weighted by molar-refractivity contribution is 0.269. The first-order chi connectivity index (χ1) is 12.7. The summed E-state index contributed by atoms with van der Waals surface area (Å²) in [5.74, 6) is 1.30. The fourth-order valence-electron chi connectivity index (χ4n) is 2.62. The molecule has 0 radical (unpaired) electrons. The predicted molar refractivity (Wildman–Crippen MR) is 99.9 cm³/mol. The van der Waals surface area contributed by atoms with E-state index >= 15 is 0 Å². The first-order valence-corrected chi connectivity index (χ1v) is 8.68. The van der Waals surface area contributed by atoms with Crippen LogP contribution in [0.2, 0.25) is 0 Å². The molecule has 0 bridgehead atoms. The molecule has 0 unspecified atom stereocenters. The number of nitrogens with two attached hydrogens (primary N) is 1. The van der Waals surface area contributed by atoms with E-state index in [4.69, 9.17) is 16.2 Å². The lowest BCUT2D eigenvalue weighted by Crippen LogP contribution is -2.35. The molecule has 6 N–H and O–H groups in total. The van der Waals surface area contributed by atoms with Crippen LogP contribution in [0.15, 0.2) is 24.7 Å². The molecule has 3 aromatic heterocycles. The number of thiophene rings is 1. The van der Waals surface area contributed by atoms with Gasteiger partial charge in [-0.15, -0.1) is 16.9 Å². The number of hydrogen-bond acceptors (Lipinski definition) is 10. The van der Waals surface area contributed by atoms with Crippen molar-refractivity contribution in [1.29, 1.82) is 5.41 Å². The molecule has 0 aromatic carbocycles. The number of aliphatic hydroxyl groups excluding tert-OH is 1. The van der Waals surface area contributed by atoms with Gasteiger partial charge in [-0.3, -0.25) is 15.1 Å². The molecule has 134 valence electrons. The van der Waals surface area contributed by atoms with Crippen LogP contribution in [0, 0.1) is 5.41 Å². The molecule has 1 aliphatic heterocycles. The normalized spacial score (nSPS) is 12.9. The van der Waals surface area contributed by atoms with E-state index < -0.39 is 0 Å². The van der Waals surface area contributed by atoms with Gasteiger partial charge in [0.25, 0.3) is 0 Å². The maximum absolute atomic E-state index is 9.01. The third-order valence-electron chi connectivity index (χ3n) is 3.86. The zero-order chi connectivity index (χ0) is 18.1. The van der Waals surface area contributed by atoms with E-state index in [2.05, 4.69) is 26.0 Å². The summed E-state index contributed by atoms with van der Waals surface area (Å²) in [4.78, 5) is 10.8. The number of rotatable bonds is 6. The van der Waals surface area contributed by atoms with Gasteiger partial charge in [-0.2, -0.15) is 5.10 Å². The Labute approximate surface area is 152 Å². The number of hydrogen-bond donors (Lipinski definition) is 5. The quantitative estimate of drug-likeness (QED) is 0.401. The molecule has 26 heavy (non-hydrogen) atoms. The van der Waals surface area contributed by atoms with Crippen molar-refractivity contribution < 1.29 is 5.11 Å². The molecule has 0 atom stereocenters. The highest BCUT2D eigenvalue weighted by Gasteiger charge is 2.23. The van der Waals surface area contributed by atoms with E-state index in [1.807, 2.05) is 17.3 Å². The second-order valence-corrected chi connectivity index (χ2v) is 6.81. The molecule has 0 amide bonds. The van der Waals surface area contributed by atoms with Crippen LogP contribution in [0.1, 0.15) is 9.75 Å². The van der Waals surface area contributed by atoms with E-state index in [1.165, 1.54) is 17.6 Å². The molecule has 0 aliphatic carbocycles. The van der Waals surface area contributed by atoms with Gasteiger partial charge < -0.3 is 16.2 Å². The number of aliphatic hydroxyl groups is 1. The Balaban J connectivity index is 1.59. The molecule has 4 rings (SSSR count). The summed E-state index contributed by atoms with van der Waals surface area (Å²) < 4.78 is 1.66. The van der Waals surface area contributed by atoms with Crippen LogP contribution in [-0.2, 0) is 13.1 Å². The van der Waals surface area contributed by atoms with Crippen LogP contribution in [0.5, 0.6) is 0 Å². The molecule has 0 saturated carbocycles. The number of nitrogens with zero attached hydrogens (tertiary/aromatic N) is 5. The average Bonchev–Trinajstić information content (AvgIpc) is 3.34. The zero-order valence-corrected chi connectivity index (χ0v) is 14.5. The smallest absolute Gasteiger partial charge is 0.190 e. The van der Waals surface area contributed by atoms with Gasteiger partial charge in [0.1, 0.15) is 0 Å². The van der Waals surface area contributed by atoms with Crippen LogP contribution < -0.4 is 21.7 Å². The van der Waals surface area contributed by atoms with Gasteiger partial charge in [-0.25, -0.2) is 9.97 Å². The SMILES string of the molecule is N=Cc1sc(CN2NNc3ncc(-c4cnn(CCO)c4)nc32)cc1N. The minimum atomic E-state index is 0.0281. The van der Waals surface area contributed by atoms with Gasteiger partial charge in [0.05, 0.1) is 48.3 Å². The fraction of sp³-hybridized carbons (Fsp3) is 0.200. The number of fused-ring (bicyclic) bond motifs is 1. The number of anilines is 3. The molecule has 10 nitrogen and oxygen atoms in total. The highest BCUT2D eigenvalue weighted by molar-refractivity contribution is 7.14. The molecule has 1 aliphatic rings. The van der Waals surface area contributed by atoms with Crippen molar-refractivity contribution in [2.75, 3.05) is 22.8 Å². The Morgan fingerprint density at radius 3 is 3.04 bits per heavy atom. The third-order valence-corrected chi connectivity index (χ3v) is 4.95. The molecule has 0 fully saturated rings. The zero-order valence-electron chi connectivity index (χ0n) is 13.7. The summed E-state index contributed by atoms with van der Waals surface area (Å²) in [6, 6.07) is 1.86. The Morgan fingerprint density at radius 1 is 1.38 bits per heavy atom. The van der Waals surface area contributed by atoms with E-state index in [9.17, 15) is 0 Å². The standard InChI is InChI=1S/C15H17N9OS/c16-4-13-11(17)3-10(26-13)8-24-15-14(21-22-24)18-6-12(20-15)9-5-19-23(7-9)1-2-25/h3-7,16,22,25H,1-2,8,17H2,(H,18,21). The van der Waals surface area contributed by atoms with Crippen LogP contribution in [0.4, 0.5) is 17.3 Å². The predicted octanol–water partition coefficient (Wildman–Crippen LogP) is 0.825. The molecular weight excluding hydrogens is 354 g/mol. The van der Waals surface area contributed by atoms with Gasteiger partial charge in [0.15, 0.2) is 11.6 Å². The largest absolute Gasteiger partial charge is 0.398 e. The first-order valence-electron chi connectivity index (χ1n) is 7.86. The average molecular weight is 371 g/mol. The maximum Gasteiger partial charge on any atom is 0.190 e. The molecule has 11 heteroatoms. The topological polar surface area (TPSA) is 141 Å². The van der Waals surface area contributed by atoms with Gasteiger partial charge in [0.2, 0.25) is 0 Å². The van der Waals surface area contributed by atoms with E-state index in [1.54, 1.807) is 17.1 Å². The monoisotopic (exact) mass is 371 g/mol. The molecule has 0 spiro atoms. The minimum absolute atomic E-state index is 0.0281. The summed E-state index contributed by atoms with van der Waals surface area (Å²) >= 11 is 1.47. The van der Waals surface area contributed by atoms with E-state index in [-0.39, 0.29) is 6.61 Å². The Morgan fingerprint density at radius 2 is 2.27 bits per heavy atom. The second-order valence-electron chi connectivity index (χ2n) is 5.64. The Bertz CT molecular complexity index is 950. The highest BCUT2D eigenvalue weighted by atomic mass is 32.1. The van der Waals surface area contributed by atoms with Gasteiger partial charge in [-0.05, 0) is 6.07 Å². The van der Waals surface area contributed by atoms with Crippen molar-refractivity contribution >= 4 is 34.9 Å². The number of nitrogen functional groups attached to an aromatic ring is 1. The second kappa shape index (κ2) is 6.71. The summed E-state index contributed by atoms with van der Waals surface area (Å²) in [6.07, 6.45) is 6.45. The minimum Gasteiger partial charge on any atom is -0.398 e. The molecule has 3 aromatic rings. The van der Waals surface area contributed by atoms with Crippen molar-refractivity contribution in [3.8, 4) is 11.3 Å². The summed E-state index contributed by atoms with van der Waals surface area (Å²) in [5, 5.41) is 22.4. The summed E-state index contributed by atoms with van der Waals surface area (Å²) in [7, 11) is 0. The summed E-state index contributed by atoms with van der Waals surface area (Å²) in [6.45, 7) is 0.994. The lowest BCUT2D eigenvalue weighted by Gasteiger charge is -2.15. The van der Waals surface area contributed by atoms with Crippen molar-refractivity contribution in [2.24, 2.45) is 0 Å². The first kappa shape index (κ1) is 16.4.